The van der Waals surface area contributed by atoms with Gasteiger partial charge >= 0.3 is 13.5 Å². The lowest BCUT2D eigenvalue weighted by Gasteiger charge is -2.17. The normalized spacial score (nSPS) is 23.5. The smallest absolute Gasteiger partial charge is 0.469 e. The Kier molecular flexibility index (Phi) is 6.86. The van der Waals surface area contributed by atoms with Crippen molar-refractivity contribution >= 4 is 19.5 Å². The van der Waals surface area contributed by atoms with Crippen LogP contribution in [0, 0.1) is 0 Å². The van der Waals surface area contributed by atoms with Crippen molar-refractivity contribution in [2.24, 2.45) is 0 Å². The zero-order valence-corrected chi connectivity index (χ0v) is 17.0. The maximum Gasteiger partial charge on any atom is 0.469 e. The molecule has 1 aromatic heterocycles. The van der Waals surface area contributed by atoms with Crippen LogP contribution in [0.2, 0.25) is 0 Å². The molecule has 0 saturated carbocycles. The van der Waals surface area contributed by atoms with Crippen molar-refractivity contribution in [1.82, 2.24) is 9.55 Å². The molecule has 3 rings (SSSR count). The van der Waals surface area contributed by atoms with Crippen LogP contribution in [0.15, 0.2) is 41.3 Å². The summed E-state index contributed by atoms with van der Waals surface area (Å²) in [6.45, 7) is -0.714. The van der Waals surface area contributed by atoms with Gasteiger partial charge in [0.1, 0.15) is 29.9 Å². The number of aliphatic hydroxyl groups is 2. The molecule has 0 radical (unpaired) electrons. The van der Waals surface area contributed by atoms with Gasteiger partial charge in [0, 0.05) is 6.20 Å². The molecule has 31 heavy (non-hydrogen) atoms. The molecule has 1 fully saturated rings. The highest BCUT2D eigenvalue weighted by molar-refractivity contribution is 7.46. The van der Waals surface area contributed by atoms with E-state index in [4.69, 9.17) is 19.3 Å². The topological polar surface area (TPSA) is 190 Å². The number of nitrogens with zero attached hydrogens (tertiary/aromatic N) is 2. The van der Waals surface area contributed by atoms with E-state index in [0.717, 1.165) is 4.57 Å². The summed E-state index contributed by atoms with van der Waals surface area (Å²) in [5.41, 5.74) is -0.688. The number of methoxy groups -OCH3 is 1. The first kappa shape index (κ1) is 23.0. The second kappa shape index (κ2) is 9.24. The van der Waals surface area contributed by atoms with Crippen LogP contribution in [-0.4, -0.2) is 67.5 Å². The molecule has 14 heteroatoms. The van der Waals surface area contributed by atoms with Crippen LogP contribution in [-0.2, 0) is 13.8 Å². The number of anilines is 1. The molecule has 1 aliphatic rings. The number of amides is 1. The number of carbonyl (C=O) groups is 1. The Morgan fingerprint density at radius 1 is 1.26 bits per heavy atom. The van der Waals surface area contributed by atoms with E-state index in [1.54, 1.807) is 18.2 Å². The summed E-state index contributed by atoms with van der Waals surface area (Å²) in [7, 11) is -3.41. The highest BCUT2D eigenvalue weighted by atomic mass is 31.2. The van der Waals surface area contributed by atoms with Gasteiger partial charge in [0.15, 0.2) is 6.23 Å². The van der Waals surface area contributed by atoms with E-state index in [1.165, 1.54) is 25.4 Å². The van der Waals surface area contributed by atoms with Gasteiger partial charge in [0.2, 0.25) is 0 Å². The van der Waals surface area contributed by atoms with E-state index >= 15 is 0 Å². The minimum absolute atomic E-state index is 0.0772. The number of ether oxygens (including phenoxy) is 2. The first-order chi connectivity index (χ1) is 14.6. The average molecular weight is 457 g/mol. The minimum Gasteiger partial charge on any atom is -0.496 e. The van der Waals surface area contributed by atoms with Gasteiger partial charge in [-0.15, -0.1) is 0 Å². The Hall–Kier alpha value is -2.64. The summed E-state index contributed by atoms with van der Waals surface area (Å²) in [5.74, 6) is -0.315. The number of benzene rings is 1. The van der Waals surface area contributed by atoms with E-state index in [1.807, 2.05) is 0 Å². The van der Waals surface area contributed by atoms with E-state index < -0.39 is 50.6 Å². The van der Waals surface area contributed by atoms with Crippen molar-refractivity contribution < 1.29 is 43.4 Å². The molecule has 1 amide bonds. The van der Waals surface area contributed by atoms with Crippen molar-refractivity contribution in [3.63, 3.8) is 0 Å². The lowest BCUT2D eigenvalue weighted by Crippen LogP contribution is -2.36. The maximum absolute atomic E-state index is 12.4. The predicted molar refractivity (Wildman–Crippen MR) is 103 cm³/mol. The number of nitrogens with one attached hydrogen (secondary N) is 1. The number of phosphoric acid groups is 1. The van der Waals surface area contributed by atoms with Crippen LogP contribution in [0.25, 0.3) is 0 Å². The van der Waals surface area contributed by atoms with Crippen LogP contribution in [0.3, 0.4) is 0 Å². The molecule has 13 nitrogen and oxygen atoms in total. The molecule has 1 saturated heterocycles. The van der Waals surface area contributed by atoms with Gasteiger partial charge in [-0.25, -0.2) is 9.36 Å². The van der Waals surface area contributed by atoms with Crippen molar-refractivity contribution in [3.8, 4) is 5.75 Å². The summed E-state index contributed by atoms with van der Waals surface area (Å²) in [5, 5.41) is 22.6. The van der Waals surface area contributed by atoms with Gasteiger partial charge in [-0.1, -0.05) is 12.1 Å². The van der Waals surface area contributed by atoms with Gasteiger partial charge in [-0.2, -0.15) is 4.98 Å². The van der Waals surface area contributed by atoms with Crippen LogP contribution in [0.5, 0.6) is 5.75 Å². The van der Waals surface area contributed by atoms with Crippen LogP contribution in [0.4, 0.5) is 5.82 Å². The zero-order valence-electron chi connectivity index (χ0n) is 16.1. The van der Waals surface area contributed by atoms with Gasteiger partial charge in [0.05, 0.1) is 19.3 Å². The molecule has 2 heterocycles. The second-order valence-corrected chi connectivity index (χ2v) is 7.73. The van der Waals surface area contributed by atoms with E-state index in [9.17, 15) is 24.4 Å². The van der Waals surface area contributed by atoms with Crippen LogP contribution in [0.1, 0.15) is 16.6 Å². The monoisotopic (exact) mass is 457 g/mol. The predicted octanol–water partition coefficient (Wildman–Crippen LogP) is -0.767. The largest absolute Gasteiger partial charge is 0.496 e. The summed E-state index contributed by atoms with van der Waals surface area (Å²) >= 11 is 0. The van der Waals surface area contributed by atoms with E-state index in [-0.39, 0.29) is 11.4 Å². The Morgan fingerprint density at radius 3 is 2.61 bits per heavy atom. The van der Waals surface area contributed by atoms with Crippen molar-refractivity contribution in [2.45, 2.75) is 24.5 Å². The van der Waals surface area contributed by atoms with Crippen molar-refractivity contribution in [3.05, 3.63) is 52.6 Å². The van der Waals surface area contributed by atoms with E-state index in [0.29, 0.717) is 5.75 Å². The number of aliphatic hydroxyl groups excluding tert-OH is 2. The van der Waals surface area contributed by atoms with Gasteiger partial charge in [0.25, 0.3) is 5.91 Å². The number of para-hydroxylation sites is 1. The third-order valence-corrected chi connectivity index (χ3v) is 4.93. The fourth-order valence-corrected chi connectivity index (χ4v) is 3.30. The summed E-state index contributed by atoms with van der Waals surface area (Å²) in [6, 6.07) is 7.72. The lowest BCUT2D eigenvalue weighted by atomic mass is 10.1. The van der Waals surface area contributed by atoms with Gasteiger partial charge < -0.3 is 34.8 Å². The van der Waals surface area contributed by atoms with Gasteiger partial charge in [-0.05, 0) is 18.2 Å². The summed E-state index contributed by atoms with van der Waals surface area (Å²) < 4.78 is 26.4. The zero-order chi connectivity index (χ0) is 22.8. The number of aromatic nitrogens is 2. The Balaban J connectivity index is 1.74. The standard InChI is InChI=1S/C17H20N3O10P/c1-28-10-5-3-2-4-9(10)15(23)18-12-6-7-20(17(24)19-12)16-14(22)13(21)11(30-16)8-29-31(25,26)27/h2-7,11,13-14,16,21-22H,8H2,1H3,(H2,25,26,27)(H,18,19,23,24). The Labute approximate surface area is 175 Å². The summed E-state index contributed by atoms with van der Waals surface area (Å²) in [6.07, 6.45) is -4.68. The van der Waals surface area contributed by atoms with Gasteiger partial charge in [-0.3, -0.25) is 13.9 Å². The molecule has 0 spiro atoms. The second-order valence-electron chi connectivity index (χ2n) is 6.49. The Bertz CT molecular complexity index is 1050. The molecule has 0 aliphatic carbocycles. The number of phosphoric ester groups is 1. The average Bonchev–Trinajstić information content (AvgIpc) is 3.00. The van der Waals surface area contributed by atoms with Crippen LogP contribution >= 0.6 is 7.82 Å². The SMILES string of the molecule is COc1ccccc1C(=O)Nc1ccn(C2OC(COP(=O)(O)O)C(O)C2O)c(=O)n1. The lowest BCUT2D eigenvalue weighted by molar-refractivity contribution is -0.0542. The van der Waals surface area contributed by atoms with E-state index in [2.05, 4.69) is 14.8 Å². The molecular weight excluding hydrogens is 437 g/mol. The molecule has 4 atom stereocenters. The number of carbonyl (C=O) groups excluding carboxylic acids is 1. The third-order valence-electron chi connectivity index (χ3n) is 4.44. The molecule has 2 aromatic rings. The molecule has 4 unspecified atom stereocenters. The highest BCUT2D eigenvalue weighted by Crippen LogP contribution is 2.38. The van der Waals surface area contributed by atoms with Crippen molar-refractivity contribution in [1.29, 1.82) is 0 Å². The van der Waals surface area contributed by atoms with Crippen molar-refractivity contribution in [2.75, 3.05) is 19.0 Å². The minimum atomic E-state index is -4.82. The Morgan fingerprint density at radius 2 is 1.97 bits per heavy atom. The molecule has 5 N–H and O–H groups in total. The highest BCUT2D eigenvalue weighted by Gasteiger charge is 2.45. The summed E-state index contributed by atoms with van der Waals surface area (Å²) in [4.78, 5) is 46.0. The first-order valence-corrected chi connectivity index (χ1v) is 10.4. The maximum atomic E-state index is 12.4. The number of rotatable bonds is 7. The quantitative estimate of drug-likeness (QED) is 0.328. The molecule has 1 aromatic carbocycles. The molecular formula is C17H20N3O10P. The fourth-order valence-electron chi connectivity index (χ4n) is 2.96. The molecule has 168 valence electrons. The first-order valence-electron chi connectivity index (χ1n) is 8.86. The number of hydrogen-bond acceptors (Lipinski definition) is 9. The molecule has 1 aliphatic heterocycles. The number of hydrogen-bond donors (Lipinski definition) is 5. The fraction of sp³-hybridized carbons (Fsp3) is 0.353. The molecule has 0 bridgehead atoms. The van der Waals surface area contributed by atoms with Crippen LogP contribution < -0.4 is 15.7 Å². The third kappa shape index (κ3) is 5.35.